The zero-order valence-corrected chi connectivity index (χ0v) is 17.1. The molecule has 1 aromatic rings. The molecule has 0 bridgehead atoms. The number of halogens is 3. The molecule has 1 saturated heterocycles. The molecule has 4 rings (SSSR count). The number of rotatable bonds is 5. The van der Waals surface area contributed by atoms with E-state index in [1.165, 1.54) is 0 Å². The topological polar surface area (TPSA) is 83.1 Å². The van der Waals surface area contributed by atoms with Crippen LogP contribution in [0, 0.1) is 18.3 Å². The predicted molar refractivity (Wildman–Crippen MR) is 103 cm³/mol. The summed E-state index contributed by atoms with van der Waals surface area (Å²) in [4.78, 5) is 29.1. The van der Waals surface area contributed by atoms with Gasteiger partial charge in [0.1, 0.15) is 16.3 Å². The molecule has 1 aromatic heterocycles. The van der Waals surface area contributed by atoms with Crippen LogP contribution in [0.2, 0.25) is 0 Å². The summed E-state index contributed by atoms with van der Waals surface area (Å²) in [6.45, 7) is 2.19. The zero-order valence-electron chi connectivity index (χ0n) is 15.5. The monoisotopic (exact) mass is 456 g/mol. The van der Waals surface area contributed by atoms with Crippen LogP contribution in [-0.4, -0.2) is 41.3 Å². The SMILES string of the molecule is Cc1ccc(Br)nc1NC(=O)[C@@H]1C[C@]2(CNC(=O)C3CCCC3(F)F)C[C@H]2N1. The Bertz CT molecular complexity index is 821. The van der Waals surface area contributed by atoms with Crippen molar-refractivity contribution >= 4 is 33.6 Å². The van der Waals surface area contributed by atoms with E-state index in [9.17, 15) is 18.4 Å². The van der Waals surface area contributed by atoms with Gasteiger partial charge >= 0.3 is 0 Å². The molecule has 28 heavy (non-hydrogen) atoms. The molecule has 0 radical (unpaired) electrons. The van der Waals surface area contributed by atoms with Gasteiger partial charge in [-0.3, -0.25) is 9.59 Å². The number of alkyl halides is 2. The fourth-order valence-corrected chi connectivity index (χ4v) is 4.73. The van der Waals surface area contributed by atoms with Gasteiger partial charge < -0.3 is 16.0 Å². The number of carbonyl (C=O) groups is 2. The minimum absolute atomic E-state index is 0.129. The van der Waals surface area contributed by atoms with E-state index in [-0.39, 0.29) is 36.2 Å². The first-order valence-corrected chi connectivity index (χ1v) is 10.4. The summed E-state index contributed by atoms with van der Waals surface area (Å²) in [7, 11) is 0. The number of carbonyl (C=O) groups excluding carboxylic acids is 2. The van der Waals surface area contributed by atoms with Crippen LogP contribution in [-0.2, 0) is 9.59 Å². The molecule has 2 heterocycles. The summed E-state index contributed by atoms with van der Waals surface area (Å²) in [6.07, 6.45) is 1.80. The van der Waals surface area contributed by atoms with Gasteiger partial charge in [0.05, 0.1) is 6.04 Å². The van der Waals surface area contributed by atoms with E-state index in [4.69, 9.17) is 0 Å². The number of nitrogens with one attached hydrogen (secondary N) is 3. The highest BCUT2D eigenvalue weighted by Crippen LogP contribution is 2.54. The van der Waals surface area contributed by atoms with Gasteiger partial charge in [-0.25, -0.2) is 13.8 Å². The highest BCUT2D eigenvalue weighted by atomic mass is 79.9. The molecule has 4 atom stereocenters. The van der Waals surface area contributed by atoms with E-state index in [0.717, 1.165) is 12.0 Å². The summed E-state index contributed by atoms with van der Waals surface area (Å²) in [5.74, 6) is -4.36. The maximum absolute atomic E-state index is 13.8. The second kappa shape index (κ2) is 7.02. The first-order chi connectivity index (χ1) is 13.2. The number of hydrogen-bond acceptors (Lipinski definition) is 4. The van der Waals surface area contributed by atoms with Gasteiger partial charge in [0, 0.05) is 24.4 Å². The molecule has 6 nitrogen and oxygen atoms in total. The summed E-state index contributed by atoms with van der Waals surface area (Å²) in [6, 6.07) is 3.41. The van der Waals surface area contributed by atoms with Gasteiger partial charge in [-0.15, -0.1) is 0 Å². The molecule has 3 fully saturated rings. The van der Waals surface area contributed by atoms with Crippen molar-refractivity contribution in [1.82, 2.24) is 15.6 Å². The number of amides is 2. The molecule has 1 aliphatic heterocycles. The van der Waals surface area contributed by atoms with Gasteiger partial charge in [0.2, 0.25) is 11.8 Å². The van der Waals surface area contributed by atoms with E-state index in [2.05, 4.69) is 36.9 Å². The molecule has 2 aliphatic carbocycles. The Morgan fingerprint density at radius 3 is 2.82 bits per heavy atom. The lowest BCUT2D eigenvalue weighted by molar-refractivity contribution is -0.136. The van der Waals surface area contributed by atoms with Crippen LogP contribution >= 0.6 is 15.9 Å². The molecule has 2 amide bonds. The fraction of sp³-hybridized carbons (Fsp3) is 0.632. The zero-order chi connectivity index (χ0) is 20.1. The van der Waals surface area contributed by atoms with Crippen molar-refractivity contribution in [1.29, 1.82) is 0 Å². The van der Waals surface area contributed by atoms with E-state index < -0.39 is 17.7 Å². The quantitative estimate of drug-likeness (QED) is 0.594. The molecule has 3 aliphatic rings. The van der Waals surface area contributed by atoms with Crippen LogP contribution < -0.4 is 16.0 Å². The number of aromatic nitrogens is 1. The van der Waals surface area contributed by atoms with Crippen molar-refractivity contribution in [3.63, 3.8) is 0 Å². The minimum atomic E-state index is -2.91. The molecule has 0 aromatic carbocycles. The Kier molecular flexibility index (Phi) is 4.94. The molecule has 9 heteroatoms. The van der Waals surface area contributed by atoms with Gasteiger partial charge in [0.25, 0.3) is 5.92 Å². The third-order valence-corrected chi connectivity index (χ3v) is 6.71. The number of fused-ring (bicyclic) bond motifs is 1. The Labute approximate surface area is 170 Å². The molecule has 152 valence electrons. The first-order valence-electron chi connectivity index (χ1n) is 9.56. The van der Waals surface area contributed by atoms with Crippen LogP contribution in [0.15, 0.2) is 16.7 Å². The summed E-state index contributed by atoms with van der Waals surface area (Å²) in [5.41, 5.74) is 0.643. The van der Waals surface area contributed by atoms with Gasteiger partial charge in [-0.2, -0.15) is 0 Å². The number of piperidine rings is 1. The van der Waals surface area contributed by atoms with Crippen molar-refractivity contribution in [2.45, 2.75) is 57.0 Å². The third-order valence-electron chi connectivity index (χ3n) is 6.27. The van der Waals surface area contributed by atoms with Crippen LogP contribution in [0.4, 0.5) is 14.6 Å². The molecule has 3 N–H and O–H groups in total. The maximum atomic E-state index is 13.8. The van der Waals surface area contributed by atoms with Gasteiger partial charge in [0.15, 0.2) is 0 Å². The van der Waals surface area contributed by atoms with Crippen LogP contribution in [0.3, 0.4) is 0 Å². The standard InChI is InChI=1S/C19H23BrF2N4O2/c1-10-4-5-14(20)25-15(10)26-17(28)12-7-18(8-13(18)24-12)9-23-16(27)11-3-2-6-19(11,21)22/h4-5,11-13,24H,2-3,6-9H2,1H3,(H,23,27)(H,25,26,28)/t11?,12-,13+,18+/m0/s1. The third kappa shape index (κ3) is 3.66. The molecular weight excluding hydrogens is 434 g/mol. The van der Waals surface area contributed by atoms with Gasteiger partial charge in [-0.05, 0) is 60.2 Å². The Balaban J connectivity index is 1.32. The minimum Gasteiger partial charge on any atom is -0.355 e. The number of aryl methyl sites for hydroxylation is 1. The van der Waals surface area contributed by atoms with E-state index in [0.29, 0.717) is 29.8 Å². The van der Waals surface area contributed by atoms with Crippen molar-refractivity contribution < 1.29 is 18.4 Å². The summed E-state index contributed by atoms with van der Waals surface area (Å²) < 4.78 is 28.2. The Morgan fingerprint density at radius 2 is 2.11 bits per heavy atom. The summed E-state index contributed by atoms with van der Waals surface area (Å²) in [5, 5.41) is 8.84. The fourth-order valence-electron chi connectivity index (χ4n) is 4.42. The first kappa shape index (κ1) is 19.7. The number of hydrogen-bond donors (Lipinski definition) is 3. The molecular formula is C19H23BrF2N4O2. The number of nitrogens with zero attached hydrogens (tertiary/aromatic N) is 1. The average molecular weight is 457 g/mol. The highest BCUT2D eigenvalue weighted by Gasteiger charge is 2.61. The van der Waals surface area contributed by atoms with E-state index in [1.807, 2.05) is 13.0 Å². The molecule has 0 spiro atoms. The molecule has 1 unspecified atom stereocenters. The number of anilines is 1. The second-order valence-electron chi connectivity index (χ2n) is 8.25. The Hall–Kier alpha value is -1.61. The normalized spacial score (nSPS) is 32.6. The largest absolute Gasteiger partial charge is 0.355 e. The smallest absolute Gasteiger partial charge is 0.259 e. The van der Waals surface area contributed by atoms with Crippen molar-refractivity contribution in [2.24, 2.45) is 11.3 Å². The van der Waals surface area contributed by atoms with Gasteiger partial charge in [-0.1, -0.05) is 6.07 Å². The highest BCUT2D eigenvalue weighted by molar-refractivity contribution is 9.10. The van der Waals surface area contributed by atoms with Crippen molar-refractivity contribution in [3.05, 3.63) is 22.3 Å². The van der Waals surface area contributed by atoms with Crippen LogP contribution in [0.25, 0.3) is 0 Å². The summed E-state index contributed by atoms with van der Waals surface area (Å²) >= 11 is 3.29. The van der Waals surface area contributed by atoms with Crippen molar-refractivity contribution in [3.8, 4) is 0 Å². The number of pyridine rings is 1. The lowest BCUT2D eigenvalue weighted by Crippen LogP contribution is -2.41. The lowest BCUT2D eigenvalue weighted by Gasteiger charge is -2.21. The molecule has 2 saturated carbocycles. The van der Waals surface area contributed by atoms with E-state index >= 15 is 0 Å². The van der Waals surface area contributed by atoms with E-state index in [1.54, 1.807) is 6.07 Å². The Morgan fingerprint density at radius 1 is 1.32 bits per heavy atom. The van der Waals surface area contributed by atoms with Crippen LogP contribution in [0.1, 0.15) is 37.7 Å². The van der Waals surface area contributed by atoms with Crippen LogP contribution in [0.5, 0.6) is 0 Å². The predicted octanol–water partition coefficient (Wildman–Crippen LogP) is 2.76. The lowest BCUT2D eigenvalue weighted by atomic mass is 9.98. The average Bonchev–Trinajstić information content (AvgIpc) is 2.98. The maximum Gasteiger partial charge on any atom is 0.259 e. The second-order valence-corrected chi connectivity index (χ2v) is 9.07. The van der Waals surface area contributed by atoms with Crippen molar-refractivity contribution in [2.75, 3.05) is 11.9 Å².